The van der Waals surface area contributed by atoms with Crippen LogP contribution in [-0.2, 0) is 16.6 Å². The fraction of sp³-hybridized carbons (Fsp3) is 0.0909. The highest BCUT2D eigenvalue weighted by molar-refractivity contribution is 9.10. The van der Waals surface area contributed by atoms with Crippen LogP contribution in [0.15, 0.2) is 52.1 Å². The molecule has 0 unspecified atom stereocenters. The van der Waals surface area contributed by atoms with Crippen molar-refractivity contribution >= 4 is 26.0 Å². The predicted molar refractivity (Wildman–Crippen MR) is 69.0 cm³/mol. The van der Waals surface area contributed by atoms with Crippen LogP contribution in [0.25, 0.3) is 0 Å². The van der Waals surface area contributed by atoms with E-state index >= 15 is 0 Å². The van der Waals surface area contributed by atoms with Crippen molar-refractivity contribution in [3.05, 3.63) is 52.8 Å². The molecule has 4 nitrogen and oxygen atoms in total. The standard InChI is InChI=1S/C11H11BrN2O2S/c12-10-1-3-11(4-2-10)17(15,16)14-6-5-9(7-13)8-14/h1-6,8H,7,13H2. The average Bonchev–Trinajstić information content (AvgIpc) is 2.78. The first-order valence-electron chi connectivity index (χ1n) is 4.92. The molecule has 0 fully saturated rings. The van der Waals surface area contributed by atoms with Crippen LogP contribution in [0.5, 0.6) is 0 Å². The summed E-state index contributed by atoms with van der Waals surface area (Å²) in [5, 5.41) is 0. The van der Waals surface area contributed by atoms with E-state index in [4.69, 9.17) is 5.73 Å². The van der Waals surface area contributed by atoms with Crippen molar-refractivity contribution in [2.75, 3.05) is 0 Å². The fourth-order valence-electron chi connectivity index (χ4n) is 1.42. The monoisotopic (exact) mass is 314 g/mol. The van der Waals surface area contributed by atoms with Gasteiger partial charge < -0.3 is 5.73 Å². The van der Waals surface area contributed by atoms with Crippen LogP contribution in [0.3, 0.4) is 0 Å². The molecule has 0 atom stereocenters. The molecule has 0 saturated heterocycles. The first kappa shape index (κ1) is 12.3. The van der Waals surface area contributed by atoms with Gasteiger partial charge in [0.25, 0.3) is 10.0 Å². The minimum Gasteiger partial charge on any atom is -0.326 e. The Hall–Kier alpha value is -1.11. The van der Waals surface area contributed by atoms with E-state index in [2.05, 4.69) is 15.9 Å². The lowest BCUT2D eigenvalue weighted by Gasteiger charge is -2.05. The second-order valence-electron chi connectivity index (χ2n) is 3.51. The van der Waals surface area contributed by atoms with Crippen LogP contribution in [-0.4, -0.2) is 12.4 Å². The van der Waals surface area contributed by atoms with Gasteiger partial charge in [-0.1, -0.05) is 15.9 Å². The summed E-state index contributed by atoms with van der Waals surface area (Å²) in [4.78, 5) is 0.250. The van der Waals surface area contributed by atoms with E-state index in [9.17, 15) is 8.42 Å². The second kappa shape index (κ2) is 4.64. The van der Waals surface area contributed by atoms with Crippen molar-refractivity contribution in [1.29, 1.82) is 0 Å². The zero-order chi connectivity index (χ0) is 12.5. The zero-order valence-corrected chi connectivity index (χ0v) is 11.3. The van der Waals surface area contributed by atoms with Crippen molar-refractivity contribution in [1.82, 2.24) is 3.97 Å². The van der Waals surface area contributed by atoms with Crippen LogP contribution in [0, 0.1) is 0 Å². The Morgan fingerprint density at radius 2 is 1.82 bits per heavy atom. The molecule has 1 aromatic carbocycles. The highest BCUT2D eigenvalue weighted by Crippen LogP contribution is 2.18. The molecular weight excluding hydrogens is 304 g/mol. The maximum atomic E-state index is 12.2. The van der Waals surface area contributed by atoms with Gasteiger partial charge in [0.15, 0.2) is 0 Å². The highest BCUT2D eigenvalue weighted by Gasteiger charge is 2.15. The molecule has 0 aliphatic carbocycles. The quantitative estimate of drug-likeness (QED) is 0.941. The molecule has 0 amide bonds. The summed E-state index contributed by atoms with van der Waals surface area (Å²) in [6.45, 7) is 0.322. The predicted octanol–water partition coefficient (Wildman–Crippen LogP) is 1.95. The third kappa shape index (κ3) is 2.43. The number of halogens is 1. The van der Waals surface area contributed by atoms with Gasteiger partial charge in [-0.05, 0) is 35.9 Å². The number of nitrogens with two attached hydrogens (primary N) is 1. The molecule has 0 bridgehead atoms. The lowest BCUT2D eigenvalue weighted by atomic mass is 10.4. The van der Waals surface area contributed by atoms with E-state index in [0.29, 0.717) is 6.54 Å². The van der Waals surface area contributed by atoms with Crippen molar-refractivity contribution in [3.63, 3.8) is 0 Å². The molecule has 6 heteroatoms. The van der Waals surface area contributed by atoms with Gasteiger partial charge in [0.2, 0.25) is 0 Å². The summed E-state index contributed by atoms with van der Waals surface area (Å²) in [5.41, 5.74) is 6.23. The molecule has 0 radical (unpaired) electrons. The van der Waals surface area contributed by atoms with E-state index in [1.807, 2.05) is 0 Å². The number of nitrogens with zero attached hydrogens (tertiary/aromatic N) is 1. The lowest BCUT2D eigenvalue weighted by molar-refractivity contribution is 0.587. The maximum absolute atomic E-state index is 12.2. The molecule has 2 aromatic rings. The molecule has 2 rings (SSSR count). The van der Waals surface area contributed by atoms with Crippen LogP contribution in [0.4, 0.5) is 0 Å². The number of aromatic nitrogens is 1. The SMILES string of the molecule is NCc1ccn(S(=O)(=O)c2ccc(Br)cc2)c1. The Morgan fingerprint density at radius 1 is 1.18 bits per heavy atom. The summed E-state index contributed by atoms with van der Waals surface area (Å²) in [6, 6.07) is 8.19. The smallest absolute Gasteiger partial charge is 0.267 e. The van der Waals surface area contributed by atoms with Gasteiger partial charge in [0, 0.05) is 23.4 Å². The normalized spacial score (nSPS) is 11.6. The second-order valence-corrected chi connectivity index (χ2v) is 6.27. The molecule has 1 heterocycles. The van der Waals surface area contributed by atoms with Crippen molar-refractivity contribution in [3.8, 4) is 0 Å². The van der Waals surface area contributed by atoms with Crippen molar-refractivity contribution in [2.24, 2.45) is 5.73 Å². The minimum absolute atomic E-state index is 0.250. The topological polar surface area (TPSA) is 65.1 Å². The molecule has 17 heavy (non-hydrogen) atoms. The first-order valence-corrected chi connectivity index (χ1v) is 7.15. The van der Waals surface area contributed by atoms with Crippen molar-refractivity contribution in [2.45, 2.75) is 11.4 Å². The van der Waals surface area contributed by atoms with Gasteiger partial charge in [-0.15, -0.1) is 0 Å². The van der Waals surface area contributed by atoms with Crippen LogP contribution in [0.2, 0.25) is 0 Å². The van der Waals surface area contributed by atoms with Gasteiger partial charge in [0.1, 0.15) is 0 Å². The summed E-state index contributed by atoms with van der Waals surface area (Å²) in [5.74, 6) is 0. The highest BCUT2D eigenvalue weighted by atomic mass is 79.9. The summed E-state index contributed by atoms with van der Waals surface area (Å²) in [6.07, 6.45) is 3.02. The third-order valence-electron chi connectivity index (χ3n) is 2.35. The molecule has 0 saturated carbocycles. The van der Waals surface area contributed by atoms with Gasteiger partial charge in [-0.2, -0.15) is 0 Å². The Bertz CT molecular complexity index is 617. The van der Waals surface area contributed by atoms with E-state index in [-0.39, 0.29) is 4.90 Å². The third-order valence-corrected chi connectivity index (χ3v) is 4.53. The molecule has 0 aliphatic heterocycles. The Kier molecular flexibility index (Phi) is 3.37. The zero-order valence-electron chi connectivity index (χ0n) is 8.88. The summed E-state index contributed by atoms with van der Waals surface area (Å²) in [7, 11) is -3.50. The Morgan fingerprint density at radius 3 is 2.35 bits per heavy atom. The van der Waals surface area contributed by atoms with E-state index < -0.39 is 10.0 Å². The Balaban J connectivity index is 2.46. The van der Waals surface area contributed by atoms with Gasteiger partial charge in [-0.3, -0.25) is 0 Å². The molecule has 0 aliphatic rings. The van der Waals surface area contributed by atoms with E-state index in [1.54, 1.807) is 30.3 Å². The lowest BCUT2D eigenvalue weighted by Crippen LogP contribution is -2.10. The number of rotatable bonds is 3. The molecule has 90 valence electrons. The number of benzene rings is 1. The Labute approximate surface area is 108 Å². The molecular formula is C11H11BrN2O2S. The van der Waals surface area contributed by atoms with Gasteiger partial charge in [0.05, 0.1) is 4.90 Å². The van der Waals surface area contributed by atoms with Crippen LogP contribution < -0.4 is 5.73 Å². The average molecular weight is 315 g/mol. The number of hydrogen-bond acceptors (Lipinski definition) is 3. The van der Waals surface area contributed by atoms with Gasteiger partial charge >= 0.3 is 0 Å². The molecule has 1 aromatic heterocycles. The summed E-state index contributed by atoms with van der Waals surface area (Å²) >= 11 is 3.27. The van der Waals surface area contributed by atoms with Crippen LogP contribution >= 0.6 is 15.9 Å². The largest absolute Gasteiger partial charge is 0.326 e. The van der Waals surface area contributed by atoms with Crippen LogP contribution in [0.1, 0.15) is 5.56 Å². The molecule has 0 spiro atoms. The number of hydrogen-bond donors (Lipinski definition) is 1. The van der Waals surface area contributed by atoms with Crippen molar-refractivity contribution < 1.29 is 8.42 Å². The molecule has 2 N–H and O–H groups in total. The summed E-state index contributed by atoms with van der Waals surface area (Å²) < 4.78 is 26.4. The van der Waals surface area contributed by atoms with E-state index in [1.165, 1.54) is 16.4 Å². The first-order chi connectivity index (χ1) is 8.04. The van der Waals surface area contributed by atoms with Gasteiger partial charge in [-0.25, -0.2) is 12.4 Å². The fourth-order valence-corrected chi connectivity index (χ4v) is 2.90. The van der Waals surface area contributed by atoms with E-state index in [0.717, 1.165) is 10.0 Å². The maximum Gasteiger partial charge on any atom is 0.267 e. The minimum atomic E-state index is -3.50.